The zero-order valence-electron chi connectivity index (χ0n) is 22.0. The van der Waals surface area contributed by atoms with Gasteiger partial charge in [-0.3, -0.25) is 0 Å². The number of fused-ring (bicyclic) bond motifs is 1. The minimum atomic E-state index is -0.0197. The van der Waals surface area contributed by atoms with Gasteiger partial charge in [-0.05, 0) is 83.0 Å². The fraction of sp³-hybridized carbons (Fsp3) is 0.464. The van der Waals surface area contributed by atoms with Gasteiger partial charge in [-0.2, -0.15) is 4.98 Å². The van der Waals surface area contributed by atoms with Crippen molar-refractivity contribution in [1.82, 2.24) is 25.3 Å². The van der Waals surface area contributed by atoms with Crippen molar-refractivity contribution in [3.8, 4) is 28.6 Å². The number of piperidine rings is 1. The fourth-order valence-electron chi connectivity index (χ4n) is 5.33. The number of anilines is 1. The third-order valence-electron chi connectivity index (χ3n) is 7.34. The van der Waals surface area contributed by atoms with Crippen molar-refractivity contribution in [2.75, 3.05) is 32.9 Å². The molecule has 37 heavy (non-hydrogen) atoms. The van der Waals surface area contributed by atoms with Gasteiger partial charge in [-0.1, -0.05) is 23.4 Å². The molecule has 0 radical (unpaired) electrons. The van der Waals surface area contributed by atoms with Crippen LogP contribution in [0.5, 0.6) is 5.75 Å². The molecule has 0 saturated carbocycles. The zero-order valence-corrected chi connectivity index (χ0v) is 22.0. The van der Waals surface area contributed by atoms with Crippen LogP contribution < -0.4 is 15.8 Å². The van der Waals surface area contributed by atoms with Gasteiger partial charge in [-0.25, -0.2) is 4.79 Å². The lowest BCUT2D eigenvalue weighted by Crippen LogP contribution is -2.48. The second-order valence-corrected chi connectivity index (χ2v) is 10.4. The van der Waals surface area contributed by atoms with Crippen molar-refractivity contribution in [2.45, 2.75) is 57.7 Å². The average Bonchev–Trinajstić information content (AvgIpc) is 3.53. The van der Waals surface area contributed by atoms with E-state index in [2.05, 4.69) is 40.5 Å². The van der Waals surface area contributed by atoms with Crippen LogP contribution in [0.3, 0.4) is 0 Å². The lowest BCUT2D eigenvalue weighted by molar-refractivity contribution is 0.146. The summed E-state index contributed by atoms with van der Waals surface area (Å²) in [6.07, 6.45) is 3.74. The summed E-state index contributed by atoms with van der Waals surface area (Å²) >= 11 is 0. The molecule has 2 amide bonds. The predicted molar refractivity (Wildman–Crippen MR) is 143 cm³/mol. The van der Waals surface area contributed by atoms with Crippen molar-refractivity contribution in [1.29, 1.82) is 0 Å². The number of urea groups is 1. The van der Waals surface area contributed by atoms with Crippen LogP contribution in [-0.4, -0.2) is 65.3 Å². The van der Waals surface area contributed by atoms with Crippen molar-refractivity contribution in [3.63, 3.8) is 0 Å². The first-order valence-corrected chi connectivity index (χ1v) is 13.0. The van der Waals surface area contributed by atoms with Gasteiger partial charge >= 0.3 is 6.03 Å². The van der Waals surface area contributed by atoms with Crippen LogP contribution in [-0.2, 0) is 6.42 Å². The summed E-state index contributed by atoms with van der Waals surface area (Å²) in [6, 6.07) is 12.1. The molecule has 9 heteroatoms. The Morgan fingerprint density at radius 2 is 1.97 bits per heavy atom. The summed E-state index contributed by atoms with van der Waals surface area (Å²) in [5.74, 6) is 1.57. The zero-order chi connectivity index (χ0) is 26.1. The number of carbonyl (C=O) groups excluding carboxylic acids is 1. The van der Waals surface area contributed by atoms with Crippen LogP contribution in [0.25, 0.3) is 22.8 Å². The Balaban J connectivity index is 1.30. The quantitative estimate of drug-likeness (QED) is 0.476. The van der Waals surface area contributed by atoms with Gasteiger partial charge in [0, 0.05) is 30.3 Å². The highest BCUT2D eigenvalue weighted by Gasteiger charge is 2.30. The molecule has 1 fully saturated rings. The summed E-state index contributed by atoms with van der Waals surface area (Å²) in [5.41, 5.74) is 10.7. The van der Waals surface area contributed by atoms with Crippen LogP contribution in [0, 0.1) is 0 Å². The minimum absolute atomic E-state index is 0.0183. The first-order chi connectivity index (χ1) is 17.8. The molecule has 2 heterocycles. The van der Waals surface area contributed by atoms with E-state index in [0.29, 0.717) is 29.2 Å². The molecule has 1 atom stereocenters. The van der Waals surface area contributed by atoms with E-state index < -0.39 is 0 Å². The molecule has 2 aromatic carbocycles. The number of carbonyl (C=O) groups is 1. The number of ether oxygens (including phenoxy) is 1. The van der Waals surface area contributed by atoms with E-state index in [4.69, 9.17) is 15.0 Å². The third kappa shape index (κ3) is 5.27. The van der Waals surface area contributed by atoms with Crippen molar-refractivity contribution in [2.24, 2.45) is 0 Å². The van der Waals surface area contributed by atoms with E-state index in [0.717, 1.165) is 61.0 Å². The molecular formula is C28H36N6O3. The van der Waals surface area contributed by atoms with Gasteiger partial charge in [0.2, 0.25) is 5.82 Å². The summed E-state index contributed by atoms with van der Waals surface area (Å²) < 4.78 is 11.3. The first-order valence-electron chi connectivity index (χ1n) is 13.0. The molecule has 9 nitrogen and oxygen atoms in total. The number of aromatic nitrogens is 2. The highest BCUT2D eigenvalue weighted by molar-refractivity contribution is 5.76. The highest BCUT2D eigenvalue weighted by Crippen LogP contribution is 2.38. The summed E-state index contributed by atoms with van der Waals surface area (Å²) in [7, 11) is 4.21. The number of rotatable bonds is 6. The monoisotopic (exact) mass is 504 g/mol. The van der Waals surface area contributed by atoms with E-state index in [1.807, 2.05) is 43.0 Å². The van der Waals surface area contributed by atoms with Gasteiger partial charge < -0.3 is 30.1 Å². The molecule has 5 rings (SSSR count). The SMILES string of the molecule is CC(C)Oc1ccc(-c2nc(-c3cccc4c3CC[C@H]4NC(=O)N3CCC(N(C)C)CC3)no2)cc1N. The topological polar surface area (TPSA) is 110 Å². The van der Waals surface area contributed by atoms with E-state index >= 15 is 0 Å². The number of nitrogens with zero attached hydrogens (tertiary/aromatic N) is 4. The molecule has 1 saturated heterocycles. The Bertz CT molecular complexity index is 1260. The molecule has 0 spiro atoms. The lowest BCUT2D eigenvalue weighted by atomic mass is 10.0. The number of hydrogen-bond donors (Lipinski definition) is 2. The van der Waals surface area contributed by atoms with E-state index in [9.17, 15) is 4.79 Å². The number of hydrogen-bond acceptors (Lipinski definition) is 7. The molecule has 3 aromatic rings. The maximum atomic E-state index is 13.0. The van der Waals surface area contributed by atoms with Crippen molar-refractivity contribution in [3.05, 3.63) is 47.5 Å². The fourth-order valence-corrected chi connectivity index (χ4v) is 5.33. The molecular weight excluding hydrogens is 468 g/mol. The van der Waals surface area contributed by atoms with Gasteiger partial charge in [0.15, 0.2) is 0 Å². The van der Waals surface area contributed by atoms with Crippen LogP contribution >= 0.6 is 0 Å². The van der Waals surface area contributed by atoms with Gasteiger partial charge in [0.25, 0.3) is 5.89 Å². The number of likely N-dealkylation sites (tertiary alicyclic amines) is 1. The molecule has 0 unspecified atom stereocenters. The van der Waals surface area contributed by atoms with Crippen LogP contribution in [0.4, 0.5) is 10.5 Å². The third-order valence-corrected chi connectivity index (χ3v) is 7.34. The Hall–Kier alpha value is -3.59. The Labute approximate surface area is 218 Å². The van der Waals surface area contributed by atoms with Crippen molar-refractivity contribution < 1.29 is 14.1 Å². The Kier molecular flexibility index (Phi) is 7.06. The molecule has 3 N–H and O–H groups in total. The maximum absolute atomic E-state index is 13.0. The number of nitrogens with one attached hydrogen (secondary N) is 1. The molecule has 1 aliphatic heterocycles. The summed E-state index contributed by atoms with van der Waals surface area (Å²) in [5, 5.41) is 7.53. The summed E-state index contributed by atoms with van der Waals surface area (Å²) in [4.78, 5) is 21.9. The largest absolute Gasteiger partial charge is 0.489 e. The highest BCUT2D eigenvalue weighted by atomic mass is 16.5. The predicted octanol–water partition coefficient (Wildman–Crippen LogP) is 4.50. The van der Waals surface area contributed by atoms with Crippen LogP contribution in [0.1, 0.15) is 50.3 Å². The number of amides is 2. The number of nitrogen functional groups attached to an aromatic ring is 1. The lowest BCUT2D eigenvalue weighted by Gasteiger charge is -2.35. The molecule has 0 bridgehead atoms. The van der Waals surface area contributed by atoms with Crippen molar-refractivity contribution >= 4 is 11.7 Å². The summed E-state index contributed by atoms with van der Waals surface area (Å²) in [6.45, 7) is 5.49. The van der Waals surface area contributed by atoms with E-state index in [1.165, 1.54) is 0 Å². The minimum Gasteiger partial charge on any atom is -0.489 e. The maximum Gasteiger partial charge on any atom is 0.317 e. The van der Waals surface area contributed by atoms with Gasteiger partial charge in [0.1, 0.15) is 5.75 Å². The average molecular weight is 505 g/mol. The van der Waals surface area contributed by atoms with E-state index in [-0.39, 0.29) is 18.2 Å². The standard InChI is InChI=1S/C28H36N6O3/c1-17(2)36-25-11-8-18(16-23(25)29)27-31-26(32-37-27)22-7-5-6-21-20(22)9-10-24(21)30-28(35)34-14-12-19(13-15-34)33(3)4/h5-8,11,16-17,19,24H,9-10,12-15,29H2,1-4H3,(H,30,35)/t24-/m1/s1. The smallest absolute Gasteiger partial charge is 0.317 e. The second kappa shape index (κ2) is 10.4. The second-order valence-electron chi connectivity index (χ2n) is 10.4. The Morgan fingerprint density at radius 3 is 2.68 bits per heavy atom. The molecule has 1 aliphatic carbocycles. The van der Waals surface area contributed by atoms with Crippen LogP contribution in [0.2, 0.25) is 0 Å². The first kappa shape index (κ1) is 25.1. The number of nitrogens with two attached hydrogens (primary N) is 1. The molecule has 1 aromatic heterocycles. The Morgan fingerprint density at radius 1 is 1.19 bits per heavy atom. The number of benzene rings is 2. The molecule has 2 aliphatic rings. The normalized spacial score (nSPS) is 17.9. The van der Waals surface area contributed by atoms with E-state index in [1.54, 1.807) is 6.07 Å². The van der Waals surface area contributed by atoms with Gasteiger partial charge in [0.05, 0.1) is 17.8 Å². The van der Waals surface area contributed by atoms with Gasteiger partial charge in [-0.15, -0.1) is 0 Å². The molecule has 196 valence electrons. The van der Waals surface area contributed by atoms with Crippen LogP contribution in [0.15, 0.2) is 40.9 Å².